The number of hydrazone groups is 1. The molecule has 0 aliphatic rings. The van der Waals surface area contributed by atoms with Crippen LogP contribution in [0, 0.1) is 0 Å². The van der Waals surface area contributed by atoms with E-state index in [2.05, 4.69) is 10.5 Å². The van der Waals surface area contributed by atoms with E-state index < -0.39 is 11.9 Å². The molecule has 2 aromatic rings. The van der Waals surface area contributed by atoms with Crippen molar-refractivity contribution < 1.29 is 19.4 Å². The van der Waals surface area contributed by atoms with Crippen molar-refractivity contribution in [1.82, 2.24) is 5.43 Å². The molecule has 2 N–H and O–H groups in total. The maximum absolute atomic E-state index is 11.9. The highest BCUT2D eigenvalue weighted by molar-refractivity contribution is 6.33. The van der Waals surface area contributed by atoms with Crippen LogP contribution in [0.2, 0.25) is 5.02 Å². The lowest BCUT2D eigenvalue weighted by molar-refractivity contribution is 0.0693. The summed E-state index contributed by atoms with van der Waals surface area (Å²) in [5.74, 6) is -1.33. The number of amides is 1. The van der Waals surface area contributed by atoms with Crippen molar-refractivity contribution >= 4 is 29.7 Å². The average molecular weight is 333 g/mol. The third kappa shape index (κ3) is 4.08. The summed E-state index contributed by atoms with van der Waals surface area (Å²) in [6, 6.07) is 11.1. The number of carboxylic acid groups (broad SMARTS) is 1. The number of carbonyl (C=O) groups is 2. The van der Waals surface area contributed by atoms with Gasteiger partial charge in [-0.25, -0.2) is 10.2 Å². The van der Waals surface area contributed by atoms with E-state index in [0.717, 1.165) is 0 Å². The van der Waals surface area contributed by atoms with E-state index in [1.54, 1.807) is 30.3 Å². The van der Waals surface area contributed by atoms with Crippen LogP contribution in [0.3, 0.4) is 0 Å². The Hall–Kier alpha value is -2.86. The minimum absolute atomic E-state index is 0.00822. The molecule has 0 atom stereocenters. The van der Waals surface area contributed by atoms with Crippen LogP contribution in [-0.2, 0) is 0 Å². The number of halogens is 1. The second-order valence-electron chi connectivity index (χ2n) is 4.44. The molecule has 0 unspecified atom stereocenters. The predicted octanol–water partition coefficient (Wildman–Crippen LogP) is 2.81. The summed E-state index contributed by atoms with van der Waals surface area (Å²) < 4.78 is 4.97. The summed E-state index contributed by atoms with van der Waals surface area (Å²) in [7, 11) is 1.39. The lowest BCUT2D eigenvalue weighted by Gasteiger charge is -2.05. The van der Waals surface area contributed by atoms with Gasteiger partial charge in [-0.2, -0.15) is 5.10 Å². The van der Waals surface area contributed by atoms with E-state index >= 15 is 0 Å². The van der Waals surface area contributed by atoms with Gasteiger partial charge in [-0.3, -0.25) is 4.79 Å². The number of hydrogen-bond donors (Lipinski definition) is 2. The van der Waals surface area contributed by atoms with Gasteiger partial charge in [0, 0.05) is 0 Å². The quantitative estimate of drug-likeness (QED) is 0.651. The Kier molecular flexibility index (Phi) is 5.32. The van der Waals surface area contributed by atoms with Crippen molar-refractivity contribution in [1.29, 1.82) is 0 Å². The summed E-state index contributed by atoms with van der Waals surface area (Å²) in [5, 5.41) is 13.2. The van der Waals surface area contributed by atoms with Gasteiger partial charge in [0.2, 0.25) is 0 Å². The molecule has 0 saturated heterocycles. The van der Waals surface area contributed by atoms with Gasteiger partial charge in [-0.05, 0) is 35.9 Å². The van der Waals surface area contributed by atoms with Crippen LogP contribution in [-0.4, -0.2) is 30.3 Å². The van der Waals surface area contributed by atoms with Crippen LogP contribution in [0.25, 0.3) is 0 Å². The Morgan fingerprint density at radius 1 is 1.22 bits per heavy atom. The molecule has 2 rings (SSSR count). The molecule has 0 bridgehead atoms. The molecule has 0 saturated carbocycles. The van der Waals surface area contributed by atoms with Crippen LogP contribution in [0.5, 0.6) is 5.75 Å². The molecule has 0 heterocycles. The van der Waals surface area contributed by atoms with Crippen LogP contribution in [0.15, 0.2) is 47.6 Å². The largest absolute Gasteiger partial charge is 0.496 e. The highest BCUT2D eigenvalue weighted by atomic mass is 35.5. The molecular formula is C16H13ClN2O4. The van der Waals surface area contributed by atoms with Crippen LogP contribution >= 0.6 is 11.6 Å². The first-order chi connectivity index (χ1) is 11.0. The molecule has 0 aliphatic carbocycles. The van der Waals surface area contributed by atoms with E-state index in [1.165, 1.54) is 25.5 Å². The highest BCUT2D eigenvalue weighted by Crippen LogP contribution is 2.19. The van der Waals surface area contributed by atoms with E-state index in [4.69, 9.17) is 21.4 Å². The SMILES string of the molecule is COc1ccc(/C=N/NC(=O)c2ccccc2Cl)cc1C(=O)O. The summed E-state index contributed by atoms with van der Waals surface area (Å²) in [5.41, 5.74) is 3.14. The Labute approximate surface area is 137 Å². The van der Waals surface area contributed by atoms with Crippen LogP contribution < -0.4 is 10.2 Å². The fraction of sp³-hybridized carbons (Fsp3) is 0.0625. The minimum atomic E-state index is -1.11. The molecule has 0 radical (unpaired) electrons. The van der Waals surface area contributed by atoms with Gasteiger partial charge >= 0.3 is 5.97 Å². The normalized spacial score (nSPS) is 10.5. The number of carboxylic acids is 1. The van der Waals surface area contributed by atoms with Gasteiger partial charge in [-0.15, -0.1) is 0 Å². The molecule has 2 aromatic carbocycles. The van der Waals surface area contributed by atoms with Gasteiger partial charge < -0.3 is 9.84 Å². The molecule has 7 heteroatoms. The number of methoxy groups -OCH3 is 1. The number of carbonyl (C=O) groups excluding carboxylic acids is 1. The molecule has 6 nitrogen and oxygen atoms in total. The third-order valence-electron chi connectivity index (χ3n) is 2.95. The fourth-order valence-corrected chi connectivity index (χ4v) is 2.07. The van der Waals surface area contributed by atoms with Crippen molar-refractivity contribution in [3.05, 3.63) is 64.2 Å². The molecule has 0 aliphatic heterocycles. The van der Waals surface area contributed by atoms with E-state index in [1.807, 2.05) is 0 Å². The van der Waals surface area contributed by atoms with Crippen molar-refractivity contribution in [3.8, 4) is 5.75 Å². The Bertz CT molecular complexity index is 774. The zero-order valence-electron chi connectivity index (χ0n) is 12.1. The van der Waals surface area contributed by atoms with E-state index in [-0.39, 0.29) is 11.3 Å². The van der Waals surface area contributed by atoms with Gasteiger partial charge in [0.05, 0.1) is 23.9 Å². The first-order valence-corrected chi connectivity index (χ1v) is 6.90. The number of rotatable bonds is 5. The average Bonchev–Trinajstić information content (AvgIpc) is 2.55. The molecular weight excluding hydrogens is 320 g/mol. The summed E-state index contributed by atoms with van der Waals surface area (Å²) in [6.07, 6.45) is 1.33. The van der Waals surface area contributed by atoms with Crippen molar-refractivity contribution in [3.63, 3.8) is 0 Å². The Morgan fingerprint density at radius 2 is 1.96 bits per heavy atom. The maximum Gasteiger partial charge on any atom is 0.339 e. The zero-order chi connectivity index (χ0) is 16.8. The highest BCUT2D eigenvalue weighted by Gasteiger charge is 2.11. The van der Waals surface area contributed by atoms with Crippen LogP contribution in [0.1, 0.15) is 26.3 Å². The van der Waals surface area contributed by atoms with Gasteiger partial charge in [0.1, 0.15) is 11.3 Å². The lowest BCUT2D eigenvalue weighted by Crippen LogP contribution is -2.18. The van der Waals surface area contributed by atoms with Crippen LogP contribution in [0.4, 0.5) is 0 Å². The number of benzene rings is 2. The number of aromatic carboxylic acids is 1. The predicted molar refractivity (Wildman–Crippen MR) is 86.5 cm³/mol. The zero-order valence-corrected chi connectivity index (χ0v) is 12.9. The van der Waals surface area contributed by atoms with Crippen molar-refractivity contribution in [2.45, 2.75) is 0 Å². The van der Waals surface area contributed by atoms with E-state index in [0.29, 0.717) is 16.1 Å². The maximum atomic E-state index is 11.9. The van der Waals surface area contributed by atoms with Gasteiger partial charge in [0.15, 0.2) is 0 Å². The number of nitrogens with one attached hydrogen (secondary N) is 1. The molecule has 1 amide bonds. The van der Waals surface area contributed by atoms with Crippen molar-refractivity contribution in [2.24, 2.45) is 5.10 Å². The summed E-state index contributed by atoms with van der Waals surface area (Å²) >= 11 is 5.91. The monoisotopic (exact) mass is 332 g/mol. The van der Waals surface area contributed by atoms with Gasteiger partial charge in [0.25, 0.3) is 5.91 Å². The molecule has 118 valence electrons. The minimum Gasteiger partial charge on any atom is -0.496 e. The second kappa shape index (κ2) is 7.42. The Morgan fingerprint density at radius 3 is 2.61 bits per heavy atom. The summed E-state index contributed by atoms with van der Waals surface area (Å²) in [4.78, 5) is 23.0. The van der Waals surface area contributed by atoms with E-state index in [9.17, 15) is 9.59 Å². The van der Waals surface area contributed by atoms with Crippen molar-refractivity contribution in [2.75, 3.05) is 7.11 Å². The standard InChI is InChI=1S/C16H13ClN2O4/c1-23-14-7-6-10(8-12(14)16(21)22)9-18-19-15(20)11-4-2-3-5-13(11)17/h2-9H,1H3,(H,19,20)(H,21,22)/b18-9+. The molecule has 23 heavy (non-hydrogen) atoms. The molecule has 0 fully saturated rings. The Balaban J connectivity index is 2.12. The second-order valence-corrected chi connectivity index (χ2v) is 4.85. The lowest BCUT2D eigenvalue weighted by atomic mass is 10.1. The number of nitrogens with zero attached hydrogens (tertiary/aromatic N) is 1. The molecule has 0 spiro atoms. The molecule has 0 aromatic heterocycles. The summed E-state index contributed by atoms with van der Waals surface area (Å²) in [6.45, 7) is 0. The number of hydrogen-bond acceptors (Lipinski definition) is 4. The smallest absolute Gasteiger partial charge is 0.339 e. The number of ether oxygens (including phenoxy) is 1. The third-order valence-corrected chi connectivity index (χ3v) is 3.28. The fourth-order valence-electron chi connectivity index (χ4n) is 1.84. The van der Waals surface area contributed by atoms with Gasteiger partial charge in [-0.1, -0.05) is 23.7 Å². The topological polar surface area (TPSA) is 88.0 Å². The first kappa shape index (κ1) is 16.5. The first-order valence-electron chi connectivity index (χ1n) is 6.52.